The van der Waals surface area contributed by atoms with Crippen LogP contribution in [0.3, 0.4) is 0 Å². The molecule has 0 aromatic carbocycles. The number of alkyl halides is 2. The smallest absolute Gasteiger partial charge is 0.181 e. The zero-order chi connectivity index (χ0) is 9.26. The molecule has 0 saturated carbocycles. The summed E-state index contributed by atoms with van der Waals surface area (Å²) in [4.78, 5) is 15.9. The van der Waals surface area contributed by atoms with Gasteiger partial charge in [0.2, 0.25) is 0 Å². The quantitative estimate of drug-likeness (QED) is 0.622. The number of aromatic amines is 1. The van der Waals surface area contributed by atoms with Crippen LogP contribution in [0.15, 0.2) is 6.33 Å². The number of halogens is 2. The van der Waals surface area contributed by atoms with Gasteiger partial charge in [-0.05, 0) is 0 Å². The summed E-state index contributed by atoms with van der Waals surface area (Å²) in [5.41, 5.74) is 2.77. The van der Waals surface area contributed by atoms with Gasteiger partial charge >= 0.3 is 0 Å². The van der Waals surface area contributed by atoms with Crippen molar-refractivity contribution in [3.05, 3.63) is 17.8 Å². The summed E-state index contributed by atoms with van der Waals surface area (Å²) in [7, 11) is 0. The molecule has 68 valence electrons. The standard InChI is InChI=1S/C7H6I2N4/c8-1-4-6-7(11-3-10-6)13-5(2-9)12-4/h3H,1-2H2,(H,10,11,12,13). The van der Waals surface area contributed by atoms with Crippen LogP contribution < -0.4 is 0 Å². The van der Waals surface area contributed by atoms with Crippen LogP contribution in [-0.4, -0.2) is 19.9 Å². The van der Waals surface area contributed by atoms with E-state index < -0.39 is 0 Å². The van der Waals surface area contributed by atoms with Gasteiger partial charge in [-0.1, -0.05) is 45.2 Å². The predicted molar refractivity (Wildman–Crippen MR) is 67.1 cm³/mol. The molecule has 2 rings (SSSR count). The molecule has 13 heavy (non-hydrogen) atoms. The largest absolute Gasteiger partial charge is 0.342 e. The van der Waals surface area contributed by atoms with E-state index in [-0.39, 0.29) is 0 Å². The highest BCUT2D eigenvalue weighted by molar-refractivity contribution is 14.1. The lowest BCUT2D eigenvalue weighted by Crippen LogP contribution is -1.97. The number of H-pyrrole nitrogens is 1. The van der Waals surface area contributed by atoms with Gasteiger partial charge in [0, 0.05) is 4.43 Å². The molecule has 0 aliphatic heterocycles. The Hall–Kier alpha value is 0.01000. The minimum absolute atomic E-state index is 0.772. The molecule has 4 nitrogen and oxygen atoms in total. The lowest BCUT2D eigenvalue weighted by atomic mass is 10.4. The lowest BCUT2D eigenvalue weighted by Gasteiger charge is -1.99. The van der Waals surface area contributed by atoms with Gasteiger partial charge in [-0.25, -0.2) is 15.0 Å². The fourth-order valence-corrected chi connectivity index (χ4v) is 1.99. The zero-order valence-electron chi connectivity index (χ0n) is 6.59. The highest BCUT2D eigenvalue weighted by Gasteiger charge is 2.07. The average Bonchev–Trinajstić information content (AvgIpc) is 2.63. The van der Waals surface area contributed by atoms with Crippen LogP contribution in [0.25, 0.3) is 11.2 Å². The summed E-state index contributed by atoms with van der Waals surface area (Å²) >= 11 is 4.54. The van der Waals surface area contributed by atoms with Crippen LogP contribution in [0.4, 0.5) is 0 Å². The van der Waals surface area contributed by atoms with Gasteiger partial charge in [-0.15, -0.1) is 0 Å². The van der Waals surface area contributed by atoms with E-state index in [0.29, 0.717) is 0 Å². The summed E-state index contributed by atoms with van der Waals surface area (Å²) in [6.07, 6.45) is 1.66. The number of hydrogen-bond acceptors (Lipinski definition) is 3. The number of aromatic nitrogens is 4. The Morgan fingerprint density at radius 2 is 2.08 bits per heavy atom. The third kappa shape index (κ3) is 1.78. The number of imidazole rings is 1. The minimum atomic E-state index is 0.772. The van der Waals surface area contributed by atoms with E-state index in [9.17, 15) is 0 Å². The molecule has 0 aliphatic carbocycles. The summed E-state index contributed by atoms with van der Waals surface area (Å²) in [6.45, 7) is 0. The molecule has 2 aromatic rings. The Morgan fingerprint density at radius 3 is 2.77 bits per heavy atom. The van der Waals surface area contributed by atoms with E-state index in [0.717, 1.165) is 31.5 Å². The fourth-order valence-electron chi connectivity index (χ4n) is 1.10. The Balaban J connectivity index is 2.70. The average molecular weight is 400 g/mol. The molecule has 2 heterocycles. The lowest BCUT2D eigenvalue weighted by molar-refractivity contribution is 1.03. The Bertz CT molecular complexity index is 425. The van der Waals surface area contributed by atoms with Gasteiger partial charge in [0.1, 0.15) is 11.3 Å². The number of rotatable bonds is 2. The van der Waals surface area contributed by atoms with Crippen molar-refractivity contribution in [1.29, 1.82) is 0 Å². The molecular formula is C7H6I2N4. The number of hydrogen-bond donors (Lipinski definition) is 1. The number of nitrogens with zero attached hydrogens (tertiary/aromatic N) is 3. The van der Waals surface area contributed by atoms with Gasteiger partial charge in [-0.3, -0.25) is 0 Å². The summed E-state index contributed by atoms with van der Waals surface area (Å²) in [5, 5.41) is 0. The topological polar surface area (TPSA) is 54.5 Å². The second-order valence-corrected chi connectivity index (χ2v) is 3.98. The molecule has 0 unspecified atom stereocenters. The Morgan fingerprint density at radius 1 is 1.23 bits per heavy atom. The molecule has 1 N–H and O–H groups in total. The van der Waals surface area contributed by atoms with E-state index in [1.54, 1.807) is 6.33 Å². The molecule has 6 heteroatoms. The van der Waals surface area contributed by atoms with Crippen molar-refractivity contribution in [2.75, 3.05) is 0 Å². The third-order valence-corrected chi connectivity index (χ3v) is 3.06. The summed E-state index contributed by atoms with van der Waals surface area (Å²) in [6, 6.07) is 0. The predicted octanol–water partition coefficient (Wildman–Crippen LogP) is 2.22. The molecule has 0 radical (unpaired) electrons. The molecule has 0 atom stereocenters. The van der Waals surface area contributed by atoms with Crippen molar-refractivity contribution in [2.24, 2.45) is 0 Å². The third-order valence-electron chi connectivity index (χ3n) is 1.65. The Labute approximate surface area is 102 Å². The van der Waals surface area contributed by atoms with Crippen molar-refractivity contribution in [1.82, 2.24) is 19.9 Å². The zero-order valence-corrected chi connectivity index (χ0v) is 10.9. The van der Waals surface area contributed by atoms with E-state index in [4.69, 9.17) is 0 Å². The first kappa shape index (κ1) is 9.56. The van der Waals surface area contributed by atoms with Gasteiger partial charge in [-0.2, -0.15) is 0 Å². The maximum atomic E-state index is 4.41. The molecule has 0 saturated heterocycles. The Kier molecular flexibility index (Phi) is 2.96. The monoisotopic (exact) mass is 400 g/mol. The summed E-state index contributed by atoms with van der Waals surface area (Å²) < 4.78 is 1.70. The highest BCUT2D eigenvalue weighted by Crippen LogP contribution is 2.15. The van der Waals surface area contributed by atoms with Crippen molar-refractivity contribution in [2.45, 2.75) is 8.86 Å². The SMILES string of the molecule is ICc1nc(CI)c2[nH]cnc2n1. The van der Waals surface area contributed by atoms with Crippen LogP contribution in [0.5, 0.6) is 0 Å². The minimum Gasteiger partial charge on any atom is -0.342 e. The van der Waals surface area contributed by atoms with Gasteiger partial charge in [0.15, 0.2) is 5.65 Å². The second kappa shape index (κ2) is 4.03. The fraction of sp³-hybridized carbons (Fsp3) is 0.286. The molecular weight excluding hydrogens is 394 g/mol. The van der Waals surface area contributed by atoms with Crippen molar-refractivity contribution in [3.8, 4) is 0 Å². The first-order valence-electron chi connectivity index (χ1n) is 3.66. The highest BCUT2D eigenvalue weighted by atomic mass is 127. The second-order valence-electron chi connectivity index (χ2n) is 2.45. The molecule has 0 amide bonds. The van der Waals surface area contributed by atoms with Crippen LogP contribution in [0.2, 0.25) is 0 Å². The molecule has 0 aliphatic rings. The van der Waals surface area contributed by atoms with Gasteiger partial charge in [0.25, 0.3) is 0 Å². The molecule has 0 fully saturated rings. The summed E-state index contributed by atoms with van der Waals surface area (Å²) in [5.74, 6) is 0.854. The number of fused-ring (bicyclic) bond motifs is 1. The molecule has 2 aromatic heterocycles. The maximum Gasteiger partial charge on any atom is 0.181 e. The maximum absolute atomic E-state index is 4.41. The number of nitrogens with one attached hydrogen (secondary N) is 1. The molecule has 0 bridgehead atoms. The van der Waals surface area contributed by atoms with E-state index in [1.165, 1.54) is 0 Å². The van der Waals surface area contributed by atoms with Crippen LogP contribution in [-0.2, 0) is 8.86 Å². The van der Waals surface area contributed by atoms with E-state index >= 15 is 0 Å². The van der Waals surface area contributed by atoms with Crippen LogP contribution >= 0.6 is 45.2 Å². The van der Waals surface area contributed by atoms with Crippen LogP contribution in [0, 0.1) is 0 Å². The first-order valence-corrected chi connectivity index (χ1v) is 6.71. The van der Waals surface area contributed by atoms with Crippen molar-refractivity contribution >= 4 is 56.3 Å². The first-order chi connectivity index (χ1) is 6.35. The van der Waals surface area contributed by atoms with Crippen LogP contribution in [0.1, 0.15) is 11.5 Å². The van der Waals surface area contributed by atoms with E-state index in [2.05, 4.69) is 65.1 Å². The normalized spacial score (nSPS) is 10.9. The van der Waals surface area contributed by atoms with Crippen molar-refractivity contribution in [3.63, 3.8) is 0 Å². The van der Waals surface area contributed by atoms with Gasteiger partial charge < -0.3 is 4.98 Å². The van der Waals surface area contributed by atoms with Gasteiger partial charge in [0.05, 0.1) is 16.4 Å². The molecule has 0 spiro atoms. The van der Waals surface area contributed by atoms with Crippen molar-refractivity contribution < 1.29 is 0 Å². The van der Waals surface area contributed by atoms with E-state index in [1.807, 2.05) is 0 Å².